The average Bonchev–Trinajstić information content (AvgIpc) is 2.65. The van der Waals surface area contributed by atoms with Crippen LogP contribution in [0.3, 0.4) is 0 Å². The molecule has 0 bridgehead atoms. The van der Waals surface area contributed by atoms with Gasteiger partial charge in [0.1, 0.15) is 11.6 Å². The molecule has 2 saturated carbocycles. The van der Waals surface area contributed by atoms with Crippen LogP contribution >= 0.6 is 0 Å². The molecule has 2 aliphatic carbocycles. The number of carbonyl (C=O) groups excluding carboxylic acids is 2. The molecule has 104 valence electrons. The largest absolute Gasteiger partial charge is 0.299 e. The van der Waals surface area contributed by atoms with Gasteiger partial charge in [0.15, 0.2) is 0 Å². The first-order chi connectivity index (χ1) is 8.61. The Hall–Kier alpha value is -0.660. The number of rotatable bonds is 0. The molecule has 2 nitrogen and oxygen atoms in total. The van der Waals surface area contributed by atoms with Crippen LogP contribution in [0.5, 0.6) is 0 Å². The third kappa shape index (κ3) is 5.79. The summed E-state index contributed by atoms with van der Waals surface area (Å²) in [4.78, 5) is 22.0. The van der Waals surface area contributed by atoms with Crippen LogP contribution in [0.15, 0.2) is 0 Å². The molecule has 2 heteroatoms. The van der Waals surface area contributed by atoms with Gasteiger partial charge in [0.25, 0.3) is 0 Å². The summed E-state index contributed by atoms with van der Waals surface area (Å²) < 4.78 is 0. The zero-order valence-corrected chi connectivity index (χ0v) is 12.0. The summed E-state index contributed by atoms with van der Waals surface area (Å²) in [5.41, 5.74) is 0. The summed E-state index contributed by atoms with van der Waals surface area (Å²) >= 11 is 0. The van der Waals surface area contributed by atoms with Crippen molar-refractivity contribution in [3.05, 3.63) is 0 Å². The maximum absolute atomic E-state index is 11.0. The number of Topliss-reactive ketones (excluding diaryl/α,β-unsaturated/α-hetero) is 2. The van der Waals surface area contributed by atoms with Gasteiger partial charge >= 0.3 is 0 Å². The molecule has 2 atom stereocenters. The SMILES string of the molecule is CC1CCCCCC1=O.CC1CCCCCC1=O. The normalized spacial score (nSPS) is 29.9. The molecule has 0 aromatic heterocycles. The number of carbonyl (C=O) groups is 2. The van der Waals surface area contributed by atoms with E-state index in [1.165, 1.54) is 25.7 Å². The molecule has 2 rings (SSSR count). The molecule has 0 aliphatic heterocycles. The van der Waals surface area contributed by atoms with Crippen LogP contribution in [0, 0.1) is 11.8 Å². The molecule has 18 heavy (non-hydrogen) atoms. The summed E-state index contributed by atoms with van der Waals surface area (Å²) in [6.45, 7) is 4.10. The average molecular weight is 252 g/mol. The minimum Gasteiger partial charge on any atom is -0.299 e. The van der Waals surface area contributed by atoms with Crippen LogP contribution in [-0.4, -0.2) is 11.6 Å². The van der Waals surface area contributed by atoms with E-state index in [4.69, 9.17) is 0 Å². The van der Waals surface area contributed by atoms with E-state index < -0.39 is 0 Å². The Morgan fingerprint density at radius 1 is 0.667 bits per heavy atom. The van der Waals surface area contributed by atoms with Crippen molar-refractivity contribution in [3.8, 4) is 0 Å². The van der Waals surface area contributed by atoms with E-state index in [2.05, 4.69) is 0 Å². The molecule has 0 aromatic carbocycles. The van der Waals surface area contributed by atoms with Gasteiger partial charge in [-0.3, -0.25) is 9.59 Å². The molecular formula is C16H28O2. The van der Waals surface area contributed by atoms with Crippen molar-refractivity contribution in [3.63, 3.8) is 0 Å². The lowest BCUT2D eigenvalue weighted by Gasteiger charge is -2.02. The zero-order valence-electron chi connectivity index (χ0n) is 12.0. The Kier molecular flexibility index (Phi) is 7.22. The zero-order chi connectivity index (χ0) is 13.4. The fourth-order valence-electron chi connectivity index (χ4n) is 2.67. The smallest absolute Gasteiger partial charge is 0.135 e. The lowest BCUT2D eigenvalue weighted by molar-refractivity contribution is -0.122. The summed E-state index contributed by atoms with van der Waals surface area (Å²) in [5.74, 6) is 1.67. The number of hydrogen-bond acceptors (Lipinski definition) is 2. The van der Waals surface area contributed by atoms with Crippen LogP contribution in [0.4, 0.5) is 0 Å². The Balaban J connectivity index is 0.000000180. The monoisotopic (exact) mass is 252 g/mol. The molecular weight excluding hydrogens is 224 g/mol. The summed E-state index contributed by atoms with van der Waals surface area (Å²) in [5, 5.41) is 0. The standard InChI is InChI=1S/2C8H14O/c2*1-7-5-3-2-4-6-8(7)9/h2*7H,2-6H2,1H3. The first kappa shape index (κ1) is 15.4. The van der Waals surface area contributed by atoms with Crippen molar-refractivity contribution >= 4 is 11.6 Å². The fourth-order valence-corrected chi connectivity index (χ4v) is 2.67. The van der Waals surface area contributed by atoms with Crippen molar-refractivity contribution in [1.29, 1.82) is 0 Å². The minimum atomic E-state index is 0.354. The highest BCUT2D eigenvalue weighted by molar-refractivity contribution is 5.81. The van der Waals surface area contributed by atoms with E-state index in [0.717, 1.165) is 38.5 Å². The van der Waals surface area contributed by atoms with Gasteiger partial charge in [-0.15, -0.1) is 0 Å². The molecule has 0 aromatic rings. The molecule has 0 saturated heterocycles. The predicted octanol–water partition coefficient (Wildman–Crippen LogP) is 4.31. The van der Waals surface area contributed by atoms with E-state index in [-0.39, 0.29) is 0 Å². The first-order valence-electron chi connectivity index (χ1n) is 7.66. The van der Waals surface area contributed by atoms with Crippen LogP contribution < -0.4 is 0 Å². The molecule has 0 amide bonds. The van der Waals surface area contributed by atoms with Crippen LogP contribution in [0.25, 0.3) is 0 Å². The van der Waals surface area contributed by atoms with Crippen LogP contribution in [0.1, 0.15) is 78.1 Å². The van der Waals surface area contributed by atoms with Crippen molar-refractivity contribution < 1.29 is 9.59 Å². The van der Waals surface area contributed by atoms with Crippen LogP contribution in [0.2, 0.25) is 0 Å². The predicted molar refractivity (Wildman–Crippen MR) is 74.5 cm³/mol. The third-order valence-corrected chi connectivity index (χ3v) is 4.22. The van der Waals surface area contributed by atoms with Gasteiger partial charge in [-0.25, -0.2) is 0 Å². The Morgan fingerprint density at radius 2 is 1.06 bits per heavy atom. The van der Waals surface area contributed by atoms with Gasteiger partial charge in [-0.1, -0.05) is 39.5 Å². The summed E-state index contributed by atoms with van der Waals surface area (Å²) in [6, 6.07) is 0. The van der Waals surface area contributed by atoms with E-state index in [1.807, 2.05) is 13.8 Å². The van der Waals surface area contributed by atoms with Crippen molar-refractivity contribution in [2.45, 2.75) is 78.1 Å². The lowest BCUT2D eigenvalue weighted by atomic mass is 10.0. The maximum atomic E-state index is 11.0. The molecule has 2 unspecified atom stereocenters. The maximum Gasteiger partial charge on any atom is 0.135 e. The molecule has 2 aliphatic rings. The van der Waals surface area contributed by atoms with Gasteiger partial charge in [-0.05, 0) is 25.7 Å². The molecule has 2 fully saturated rings. The van der Waals surface area contributed by atoms with E-state index in [1.54, 1.807) is 0 Å². The van der Waals surface area contributed by atoms with Gasteiger partial charge in [0.2, 0.25) is 0 Å². The quantitative estimate of drug-likeness (QED) is 0.602. The minimum absolute atomic E-state index is 0.354. The highest BCUT2D eigenvalue weighted by Gasteiger charge is 2.15. The second-order valence-corrected chi connectivity index (χ2v) is 5.93. The van der Waals surface area contributed by atoms with Crippen LogP contribution in [-0.2, 0) is 9.59 Å². The number of ketones is 2. The van der Waals surface area contributed by atoms with Crippen molar-refractivity contribution in [1.82, 2.24) is 0 Å². The lowest BCUT2D eigenvalue weighted by Crippen LogP contribution is -2.06. The second-order valence-electron chi connectivity index (χ2n) is 5.93. The molecule has 0 N–H and O–H groups in total. The summed E-state index contributed by atoms with van der Waals surface area (Å²) in [7, 11) is 0. The van der Waals surface area contributed by atoms with Crippen molar-refractivity contribution in [2.24, 2.45) is 11.8 Å². The van der Waals surface area contributed by atoms with Gasteiger partial charge < -0.3 is 0 Å². The second kappa shape index (κ2) is 8.44. The summed E-state index contributed by atoms with van der Waals surface area (Å²) in [6.07, 6.45) is 11.2. The Morgan fingerprint density at radius 3 is 1.44 bits per heavy atom. The molecule has 0 spiro atoms. The van der Waals surface area contributed by atoms with Gasteiger partial charge in [0, 0.05) is 24.7 Å². The van der Waals surface area contributed by atoms with Gasteiger partial charge in [0.05, 0.1) is 0 Å². The molecule has 0 radical (unpaired) electrons. The highest BCUT2D eigenvalue weighted by Crippen LogP contribution is 2.19. The Labute approximate surface area is 112 Å². The highest BCUT2D eigenvalue weighted by atomic mass is 16.1. The van der Waals surface area contributed by atoms with E-state index >= 15 is 0 Å². The third-order valence-electron chi connectivity index (χ3n) is 4.22. The van der Waals surface area contributed by atoms with E-state index in [0.29, 0.717) is 23.4 Å². The van der Waals surface area contributed by atoms with Gasteiger partial charge in [-0.2, -0.15) is 0 Å². The topological polar surface area (TPSA) is 34.1 Å². The Bertz CT molecular complexity index is 242. The molecule has 0 heterocycles. The number of hydrogen-bond donors (Lipinski definition) is 0. The fraction of sp³-hybridized carbons (Fsp3) is 0.875. The van der Waals surface area contributed by atoms with E-state index in [9.17, 15) is 9.59 Å². The van der Waals surface area contributed by atoms with Crippen molar-refractivity contribution in [2.75, 3.05) is 0 Å². The first-order valence-corrected chi connectivity index (χ1v) is 7.66.